The minimum Gasteiger partial charge on any atom is -0.477 e. The number of carbonyl (C=O) groups excluding carboxylic acids is 1. The second-order valence-corrected chi connectivity index (χ2v) is 3.83. The van der Waals surface area contributed by atoms with E-state index in [1.807, 2.05) is 0 Å². The molecule has 0 unspecified atom stereocenters. The SMILES string of the molecule is O=C(COc1ccccc1[N+](=O)[O-])NCc1ncc[nH]1. The number of ether oxygens (including phenoxy) is 1. The summed E-state index contributed by atoms with van der Waals surface area (Å²) in [7, 11) is 0. The minimum absolute atomic E-state index is 0.0608. The molecular weight excluding hydrogens is 264 g/mol. The van der Waals surface area contributed by atoms with Gasteiger partial charge >= 0.3 is 5.69 Å². The highest BCUT2D eigenvalue weighted by Gasteiger charge is 2.14. The molecule has 104 valence electrons. The quantitative estimate of drug-likeness (QED) is 0.604. The zero-order valence-corrected chi connectivity index (χ0v) is 10.4. The first-order chi connectivity index (χ1) is 9.66. The molecule has 0 atom stereocenters. The lowest BCUT2D eigenvalue weighted by molar-refractivity contribution is -0.385. The van der Waals surface area contributed by atoms with Gasteiger partial charge in [0.1, 0.15) is 5.82 Å². The number of nitro groups is 1. The largest absolute Gasteiger partial charge is 0.477 e. The van der Waals surface area contributed by atoms with Crippen LogP contribution in [0.4, 0.5) is 5.69 Å². The zero-order valence-electron chi connectivity index (χ0n) is 10.4. The number of imidazole rings is 1. The van der Waals surface area contributed by atoms with Crippen LogP contribution in [0.15, 0.2) is 36.7 Å². The van der Waals surface area contributed by atoms with E-state index in [1.165, 1.54) is 18.2 Å². The smallest absolute Gasteiger partial charge is 0.310 e. The summed E-state index contributed by atoms with van der Waals surface area (Å²) in [6.45, 7) is -0.0579. The standard InChI is InChI=1S/C12H12N4O4/c17-12(15-7-11-13-5-6-14-11)8-20-10-4-2-1-3-9(10)16(18)19/h1-6H,7-8H2,(H,13,14)(H,15,17). The molecule has 0 aliphatic rings. The van der Waals surface area contributed by atoms with Crippen molar-refractivity contribution >= 4 is 11.6 Å². The predicted molar refractivity (Wildman–Crippen MR) is 69.0 cm³/mol. The van der Waals surface area contributed by atoms with Crippen molar-refractivity contribution < 1.29 is 14.5 Å². The number of nitrogens with one attached hydrogen (secondary N) is 2. The molecule has 2 aromatic rings. The first-order valence-corrected chi connectivity index (χ1v) is 5.78. The maximum atomic E-state index is 11.5. The van der Waals surface area contributed by atoms with Crippen molar-refractivity contribution in [3.8, 4) is 5.75 Å². The Kier molecular flexibility index (Phi) is 4.28. The number of nitro benzene ring substituents is 1. The maximum absolute atomic E-state index is 11.5. The number of hydrogen-bond donors (Lipinski definition) is 2. The highest BCUT2D eigenvalue weighted by atomic mass is 16.6. The number of carbonyl (C=O) groups is 1. The van der Waals surface area contributed by atoms with Crippen molar-refractivity contribution in [2.45, 2.75) is 6.54 Å². The number of amides is 1. The number of hydrogen-bond acceptors (Lipinski definition) is 5. The van der Waals surface area contributed by atoms with Gasteiger partial charge in [0.25, 0.3) is 5.91 Å². The molecule has 0 spiro atoms. The average Bonchev–Trinajstić information content (AvgIpc) is 2.96. The molecule has 0 radical (unpaired) electrons. The number of nitrogens with zero attached hydrogens (tertiary/aromatic N) is 2. The van der Waals surface area contributed by atoms with Crippen LogP contribution >= 0.6 is 0 Å². The van der Waals surface area contributed by atoms with Gasteiger partial charge in [0.2, 0.25) is 0 Å². The van der Waals surface area contributed by atoms with Crippen molar-refractivity contribution in [3.05, 3.63) is 52.6 Å². The lowest BCUT2D eigenvalue weighted by Crippen LogP contribution is -2.28. The summed E-state index contributed by atoms with van der Waals surface area (Å²) in [5.74, 6) is 0.286. The Hall–Kier alpha value is -2.90. The molecule has 1 aromatic carbocycles. The molecule has 1 aromatic heterocycles. The van der Waals surface area contributed by atoms with Crippen LogP contribution in [0.2, 0.25) is 0 Å². The van der Waals surface area contributed by atoms with Crippen molar-refractivity contribution in [2.24, 2.45) is 0 Å². The fourth-order valence-electron chi connectivity index (χ4n) is 1.50. The number of aromatic amines is 1. The Morgan fingerprint density at radius 3 is 2.95 bits per heavy atom. The van der Waals surface area contributed by atoms with E-state index in [2.05, 4.69) is 15.3 Å². The second kappa shape index (κ2) is 6.32. The van der Waals surface area contributed by atoms with E-state index < -0.39 is 4.92 Å². The third-order valence-electron chi connectivity index (χ3n) is 2.43. The molecule has 0 aliphatic heterocycles. The van der Waals surface area contributed by atoms with Crippen LogP contribution < -0.4 is 10.1 Å². The van der Waals surface area contributed by atoms with Gasteiger partial charge in [0, 0.05) is 18.5 Å². The highest BCUT2D eigenvalue weighted by Crippen LogP contribution is 2.25. The van der Waals surface area contributed by atoms with Crippen LogP contribution in [-0.2, 0) is 11.3 Å². The maximum Gasteiger partial charge on any atom is 0.310 e. The van der Waals surface area contributed by atoms with E-state index in [0.717, 1.165) is 0 Å². The monoisotopic (exact) mass is 276 g/mol. The Bertz CT molecular complexity index is 597. The number of para-hydroxylation sites is 2. The van der Waals surface area contributed by atoms with Crippen molar-refractivity contribution in [1.29, 1.82) is 0 Å². The Morgan fingerprint density at radius 2 is 2.25 bits per heavy atom. The van der Waals surface area contributed by atoms with Crippen molar-refractivity contribution in [1.82, 2.24) is 15.3 Å². The summed E-state index contributed by atoms with van der Waals surface area (Å²) in [6, 6.07) is 5.89. The van der Waals surface area contributed by atoms with Crippen molar-refractivity contribution in [2.75, 3.05) is 6.61 Å². The second-order valence-electron chi connectivity index (χ2n) is 3.83. The van der Waals surface area contributed by atoms with Gasteiger partial charge in [-0.15, -0.1) is 0 Å². The summed E-state index contributed by atoms with van der Waals surface area (Å²) in [4.78, 5) is 28.5. The molecule has 0 aliphatic carbocycles. The average molecular weight is 276 g/mol. The lowest BCUT2D eigenvalue weighted by atomic mass is 10.3. The van der Waals surface area contributed by atoms with E-state index in [-0.39, 0.29) is 30.5 Å². The summed E-state index contributed by atoms with van der Waals surface area (Å²) in [5, 5.41) is 13.3. The first-order valence-electron chi connectivity index (χ1n) is 5.78. The van der Waals surface area contributed by atoms with Gasteiger partial charge in [0.05, 0.1) is 11.5 Å². The van der Waals surface area contributed by atoms with Gasteiger partial charge in [-0.3, -0.25) is 14.9 Å². The Morgan fingerprint density at radius 1 is 1.45 bits per heavy atom. The molecule has 0 saturated heterocycles. The van der Waals surface area contributed by atoms with E-state index in [0.29, 0.717) is 5.82 Å². The molecule has 2 N–H and O–H groups in total. The van der Waals surface area contributed by atoms with Crippen LogP contribution in [0.3, 0.4) is 0 Å². The summed E-state index contributed by atoms with van der Waals surface area (Å²) in [6.07, 6.45) is 3.22. The number of aromatic nitrogens is 2. The van der Waals surface area contributed by atoms with Crippen LogP contribution in [-0.4, -0.2) is 27.4 Å². The number of benzene rings is 1. The summed E-state index contributed by atoms with van der Waals surface area (Å²) in [5.41, 5.74) is -0.175. The molecule has 8 heteroatoms. The molecule has 0 saturated carbocycles. The molecule has 20 heavy (non-hydrogen) atoms. The third kappa shape index (κ3) is 3.55. The molecule has 1 heterocycles. The van der Waals surface area contributed by atoms with Gasteiger partial charge in [-0.1, -0.05) is 12.1 Å². The van der Waals surface area contributed by atoms with Gasteiger partial charge in [0.15, 0.2) is 12.4 Å². The summed E-state index contributed by atoms with van der Waals surface area (Å²) < 4.78 is 5.15. The summed E-state index contributed by atoms with van der Waals surface area (Å²) >= 11 is 0. The van der Waals surface area contributed by atoms with Gasteiger partial charge < -0.3 is 15.0 Å². The Balaban J connectivity index is 1.85. The van der Waals surface area contributed by atoms with Gasteiger partial charge in [-0.05, 0) is 6.07 Å². The highest BCUT2D eigenvalue weighted by molar-refractivity contribution is 5.77. The molecular formula is C12H12N4O4. The molecule has 0 bridgehead atoms. The zero-order chi connectivity index (χ0) is 14.4. The van der Waals surface area contributed by atoms with Crippen LogP contribution in [0.1, 0.15) is 5.82 Å². The minimum atomic E-state index is -0.559. The molecule has 2 rings (SSSR count). The first kappa shape index (κ1) is 13.5. The Labute approximate surface area is 113 Å². The topological polar surface area (TPSA) is 110 Å². The van der Waals surface area contributed by atoms with E-state index in [9.17, 15) is 14.9 Å². The normalized spacial score (nSPS) is 10.0. The molecule has 0 fully saturated rings. The molecule has 1 amide bonds. The predicted octanol–water partition coefficient (Wildman–Crippen LogP) is 1.01. The van der Waals surface area contributed by atoms with E-state index >= 15 is 0 Å². The van der Waals surface area contributed by atoms with Crippen molar-refractivity contribution in [3.63, 3.8) is 0 Å². The molecule has 8 nitrogen and oxygen atoms in total. The fourth-order valence-corrected chi connectivity index (χ4v) is 1.50. The fraction of sp³-hybridized carbons (Fsp3) is 0.167. The van der Waals surface area contributed by atoms with Crippen LogP contribution in [0.25, 0.3) is 0 Å². The number of H-pyrrole nitrogens is 1. The van der Waals surface area contributed by atoms with Gasteiger partial charge in [-0.25, -0.2) is 4.98 Å². The van der Waals surface area contributed by atoms with E-state index in [1.54, 1.807) is 18.5 Å². The van der Waals surface area contributed by atoms with Crippen LogP contribution in [0, 0.1) is 10.1 Å². The lowest BCUT2D eigenvalue weighted by Gasteiger charge is -2.06. The number of rotatable bonds is 6. The van der Waals surface area contributed by atoms with Gasteiger partial charge in [-0.2, -0.15) is 0 Å². The van der Waals surface area contributed by atoms with E-state index in [4.69, 9.17) is 4.74 Å². The third-order valence-corrected chi connectivity index (χ3v) is 2.43. The van der Waals surface area contributed by atoms with Crippen LogP contribution in [0.5, 0.6) is 5.75 Å².